The first-order chi connectivity index (χ1) is 3.97. The molecule has 0 aromatic rings. The van der Waals surface area contributed by atoms with Crippen molar-refractivity contribution in [3.05, 3.63) is 0 Å². The van der Waals surface area contributed by atoms with E-state index in [1.165, 1.54) is 0 Å². The first kappa shape index (κ1) is 3.53. The third-order valence-corrected chi connectivity index (χ3v) is 0.758. The van der Waals surface area contributed by atoms with Gasteiger partial charge in [0.1, 0.15) is 0 Å². The van der Waals surface area contributed by atoms with Crippen molar-refractivity contribution in [3.8, 4) is 0 Å². The first-order valence-electron chi connectivity index (χ1n) is 1.94. The summed E-state index contributed by atoms with van der Waals surface area (Å²) in [6.45, 7) is 0. The second-order valence-corrected chi connectivity index (χ2v) is 1.23. The minimum atomic E-state index is 0.407. The fraction of sp³-hybridized carbons (Fsp3) is 0. The molecule has 0 atom stereocenters. The Morgan fingerprint density at radius 2 is 1.25 bits per heavy atom. The molecule has 0 aromatic heterocycles. The Labute approximate surface area is 43.7 Å². The standard InChI is InChI=1S/C2N6/c3-1-2(5-7-3)6-8-4-1. The van der Waals surface area contributed by atoms with Gasteiger partial charge in [0, 0.05) is 0 Å². The van der Waals surface area contributed by atoms with Crippen LogP contribution >= 0.6 is 0 Å². The molecule has 0 fully saturated rings. The van der Waals surface area contributed by atoms with Gasteiger partial charge >= 0.3 is 0 Å². The highest BCUT2D eigenvalue weighted by atomic mass is 15.5. The Morgan fingerprint density at radius 1 is 0.750 bits per heavy atom. The van der Waals surface area contributed by atoms with Crippen LogP contribution in [-0.4, -0.2) is 11.7 Å². The van der Waals surface area contributed by atoms with Crippen LogP contribution in [-0.2, 0) is 0 Å². The van der Waals surface area contributed by atoms with E-state index in [0.29, 0.717) is 11.7 Å². The fourth-order valence-electron chi connectivity index (χ4n) is 0.433. The van der Waals surface area contributed by atoms with Crippen molar-refractivity contribution in [2.45, 2.75) is 0 Å². The molecule has 2 rings (SSSR count). The van der Waals surface area contributed by atoms with Gasteiger partial charge in [-0.3, -0.25) is 0 Å². The lowest BCUT2D eigenvalue weighted by Gasteiger charge is -1.69. The summed E-state index contributed by atoms with van der Waals surface area (Å²) in [7, 11) is 0. The Morgan fingerprint density at radius 3 is 1.75 bits per heavy atom. The van der Waals surface area contributed by atoms with Crippen LogP contribution in [0.25, 0.3) is 0 Å². The highest BCUT2D eigenvalue weighted by Gasteiger charge is 2.17. The van der Waals surface area contributed by atoms with Gasteiger partial charge in [0.25, 0.3) is 0 Å². The number of rotatable bonds is 0. The quantitative estimate of drug-likeness (QED) is 0.434. The smallest absolute Gasteiger partial charge is 0.104 e. The van der Waals surface area contributed by atoms with Crippen LogP contribution in [0.2, 0.25) is 0 Å². The second-order valence-electron chi connectivity index (χ2n) is 1.23. The Kier molecular flexibility index (Phi) is 0.454. The third kappa shape index (κ3) is 0.269. The van der Waals surface area contributed by atoms with E-state index in [4.69, 9.17) is 0 Å². The lowest BCUT2D eigenvalue weighted by molar-refractivity contribution is 1.06. The predicted molar refractivity (Wildman–Crippen MR) is 24.6 cm³/mol. The van der Waals surface area contributed by atoms with E-state index in [0.717, 1.165) is 0 Å². The molecule has 6 heteroatoms. The molecule has 0 N–H and O–H groups in total. The van der Waals surface area contributed by atoms with E-state index in [-0.39, 0.29) is 0 Å². The molecule has 2 aliphatic heterocycles. The van der Waals surface area contributed by atoms with Crippen LogP contribution in [0.5, 0.6) is 0 Å². The van der Waals surface area contributed by atoms with Crippen molar-refractivity contribution >= 4 is 11.7 Å². The summed E-state index contributed by atoms with van der Waals surface area (Å²) in [4.78, 5) is 0. The molecule has 0 aliphatic carbocycles. The van der Waals surface area contributed by atoms with E-state index in [1.807, 2.05) is 0 Å². The Bertz CT molecular complexity index is 205. The van der Waals surface area contributed by atoms with Crippen molar-refractivity contribution < 1.29 is 0 Å². The maximum absolute atomic E-state index is 3.48. The monoisotopic (exact) mass is 108 g/mol. The zero-order valence-electron chi connectivity index (χ0n) is 3.68. The minimum Gasteiger partial charge on any atom is -0.104 e. The summed E-state index contributed by atoms with van der Waals surface area (Å²) in [6.07, 6.45) is 0. The number of hydrogen-bond acceptors (Lipinski definition) is 6. The van der Waals surface area contributed by atoms with Crippen molar-refractivity contribution in [3.63, 3.8) is 0 Å². The summed E-state index contributed by atoms with van der Waals surface area (Å²) < 4.78 is 0. The minimum absolute atomic E-state index is 0.407. The predicted octanol–water partition coefficient (Wildman–Crippen LogP) is 0.545. The fourth-order valence-corrected chi connectivity index (χ4v) is 0.433. The average molecular weight is 108 g/mol. The van der Waals surface area contributed by atoms with Crippen LogP contribution in [0.15, 0.2) is 30.9 Å². The van der Waals surface area contributed by atoms with Crippen molar-refractivity contribution in [2.75, 3.05) is 0 Å². The molecule has 0 bridgehead atoms. The molecule has 38 valence electrons. The largest absolute Gasteiger partial charge is 0.248 e. The molecular formula is C2N6. The molecule has 0 saturated heterocycles. The molecular weight excluding hydrogens is 108 g/mol. The molecule has 2 heterocycles. The molecule has 0 radical (unpaired) electrons. The van der Waals surface area contributed by atoms with E-state index in [2.05, 4.69) is 30.9 Å². The van der Waals surface area contributed by atoms with Crippen LogP contribution < -0.4 is 0 Å². The van der Waals surface area contributed by atoms with Gasteiger partial charge in [-0.15, -0.1) is 20.4 Å². The van der Waals surface area contributed by atoms with Crippen molar-refractivity contribution in [1.82, 2.24) is 0 Å². The molecule has 0 saturated carbocycles. The van der Waals surface area contributed by atoms with Crippen LogP contribution in [0, 0.1) is 0 Å². The van der Waals surface area contributed by atoms with Crippen molar-refractivity contribution in [1.29, 1.82) is 0 Å². The Hall–Kier alpha value is -1.46. The maximum atomic E-state index is 3.48. The van der Waals surface area contributed by atoms with E-state index >= 15 is 0 Å². The summed E-state index contributed by atoms with van der Waals surface area (Å²) in [5.41, 5.74) is 0. The zero-order chi connectivity index (χ0) is 5.40. The van der Waals surface area contributed by atoms with E-state index in [9.17, 15) is 0 Å². The average Bonchev–Trinajstić information content (AvgIpc) is 2.15. The van der Waals surface area contributed by atoms with Gasteiger partial charge in [-0.05, 0) is 10.4 Å². The summed E-state index contributed by atoms with van der Waals surface area (Å²) in [5, 5.41) is 20.5. The van der Waals surface area contributed by atoms with Crippen LogP contribution in [0.4, 0.5) is 0 Å². The van der Waals surface area contributed by atoms with Gasteiger partial charge in [0.2, 0.25) is 11.7 Å². The summed E-state index contributed by atoms with van der Waals surface area (Å²) >= 11 is 0. The van der Waals surface area contributed by atoms with Gasteiger partial charge in [0.05, 0.1) is 0 Å². The SMILES string of the molecule is N1=NC2=NN=NC2=N1. The van der Waals surface area contributed by atoms with Crippen molar-refractivity contribution in [2.24, 2.45) is 30.9 Å². The van der Waals surface area contributed by atoms with Gasteiger partial charge in [0.15, 0.2) is 0 Å². The van der Waals surface area contributed by atoms with Crippen LogP contribution in [0.1, 0.15) is 0 Å². The van der Waals surface area contributed by atoms with E-state index < -0.39 is 0 Å². The molecule has 0 unspecified atom stereocenters. The zero-order valence-corrected chi connectivity index (χ0v) is 3.68. The molecule has 8 heavy (non-hydrogen) atoms. The maximum Gasteiger partial charge on any atom is 0.248 e. The molecule has 0 amide bonds. The topological polar surface area (TPSA) is 74.2 Å². The lowest BCUT2D eigenvalue weighted by Crippen LogP contribution is -1.97. The third-order valence-electron chi connectivity index (χ3n) is 0.758. The van der Waals surface area contributed by atoms with Crippen LogP contribution in [0.3, 0.4) is 0 Å². The highest BCUT2D eigenvalue weighted by Crippen LogP contribution is 2.06. The highest BCUT2D eigenvalue weighted by molar-refractivity contribution is 6.42. The number of nitrogens with zero attached hydrogens (tertiary/aromatic N) is 6. The van der Waals surface area contributed by atoms with E-state index in [1.54, 1.807) is 0 Å². The second kappa shape index (κ2) is 1.03. The number of amidine groups is 2. The van der Waals surface area contributed by atoms with Gasteiger partial charge in [-0.1, -0.05) is 0 Å². The number of fused-ring (bicyclic) bond motifs is 1. The summed E-state index contributed by atoms with van der Waals surface area (Å²) in [5.74, 6) is 0.815. The normalized spacial score (nSPS) is 21.0. The van der Waals surface area contributed by atoms with Gasteiger partial charge in [-0.25, -0.2) is 0 Å². The molecule has 6 nitrogen and oxygen atoms in total. The molecule has 2 aliphatic rings. The molecule has 0 spiro atoms. The Balaban J connectivity index is 2.59. The van der Waals surface area contributed by atoms with Gasteiger partial charge < -0.3 is 0 Å². The van der Waals surface area contributed by atoms with Gasteiger partial charge in [-0.2, -0.15) is 0 Å². The molecule has 0 aromatic carbocycles. The summed E-state index contributed by atoms with van der Waals surface area (Å²) in [6, 6.07) is 0. The first-order valence-corrected chi connectivity index (χ1v) is 1.94. The lowest BCUT2D eigenvalue weighted by atomic mass is 10.6. The number of hydrogen-bond donors (Lipinski definition) is 0.